The molecule has 0 radical (unpaired) electrons. The summed E-state index contributed by atoms with van der Waals surface area (Å²) in [4.78, 5) is 25.1. The molecule has 0 bridgehead atoms. The van der Waals surface area contributed by atoms with E-state index < -0.39 is 0 Å². The van der Waals surface area contributed by atoms with Crippen molar-refractivity contribution in [3.63, 3.8) is 0 Å². The summed E-state index contributed by atoms with van der Waals surface area (Å²) >= 11 is 3.71. The van der Waals surface area contributed by atoms with Gasteiger partial charge in [-0.1, -0.05) is 13.0 Å². The van der Waals surface area contributed by atoms with Crippen LogP contribution >= 0.6 is 15.9 Å². The maximum Gasteiger partial charge on any atom is 0.159 e. The Bertz CT molecular complexity index is 1390. The van der Waals surface area contributed by atoms with Gasteiger partial charge >= 0.3 is 0 Å². The number of hydrogen-bond donors (Lipinski definition) is 2. The number of anilines is 2. The Kier molecular flexibility index (Phi) is 7.81. The van der Waals surface area contributed by atoms with E-state index in [1.54, 1.807) is 0 Å². The molecule has 39 heavy (non-hydrogen) atoms. The summed E-state index contributed by atoms with van der Waals surface area (Å²) in [6.07, 6.45) is 6.10. The van der Waals surface area contributed by atoms with Gasteiger partial charge in [-0.25, -0.2) is 9.97 Å². The van der Waals surface area contributed by atoms with E-state index >= 15 is 0 Å². The minimum atomic E-state index is 0.447. The highest BCUT2D eigenvalue weighted by Gasteiger charge is 2.22. The van der Waals surface area contributed by atoms with E-state index in [0.29, 0.717) is 6.04 Å². The van der Waals surface area contributed by atoms with Crippen LogP contribution in [-0.4, -0.2) is 81.6 Å². The molecule has 0 unspecified atom stereocenters. The minimum Gasteiger partial charge on any atom is -0.379 e. The number of halogens is 1. The van der Waals surface area contributed by atoms with Gasteiger partial charge in [-0.2, -0.15) is 0 Å². The van der Waals surface area contributed by atoms with Gasteiger partial charge in [0, 0.05) is 75.5 Å². The predicted molar refractivity (Wildman–Crippen MR) is 162 cm³/mol. The fraction of sp³-hybridized carbons (Fsp3) is 0.433. The molecule has 8 nitrogen and oxygen atoms in total. The van der Waals surface area contributed by atoms with Crippen molar-refractivity contribution < 1.29 is 0 Å². The molecule has 0 amide bonds. The zero-order chi connectivity index (χ0) is 26.8. The Morgan fingerprint density at radius 2 is 1.69 bits per heavy atom. The molecule has 9 heteroatoms. The summed E-state index contributed by atoms with van der Waals surface area (Å²) in [6, 6.07) is 13.5. The molecule has 2 aliphatic heterocycles. The fourth-order valence-corrected chi connectivity index (χ4v) is 6.02. The number of rotatable bonds is 7. The Morgan fingerprint density at radius 3 is 2.38 bits per heavy atom. The molecule has 2 aliphatic rings. The van der Waals surface area contributed by atoms with Crippen molar-refractivity contribution in [2.75, 3.05) is 56.0 Å². The van der Waals surface area contributed by atoms with Gasteiger partial charge in [0.25, 0.3) is 0 Å². The molecule has 0 saturated carbocycles. The molecule has 4 aromatic rings. The normalized spacial score (nSPS) is 17.7. The van der Waals surface area contributed by atoms with Crippen LogP contribution in [0.1, 0.15) is 31.0 Å². The van der Waals surface area contributed by atoms with E-state index in [-0.39, 0.29) is 0 Å². The van der Waals surface area contributed by atoms with Crippen LogP contribution in [0.15, 0.2) is 53.3 Å². The van der Waals surface area contributed by atoms with Crippen molar-refractivity contribution in [2.24, 2.45) is 0 Å². The third kappa shape index (κ3) is 5.95. The molecular formula is C30H37BrN8. The van der Waals surface area contributed by atoms with Crippen molar-refractivity contribution >= 4 is 38.5 Å². The van der Waals surface area contributed by atoms with Crippen LogP contribution in [0.4, 0.5) is 11.4 Å². The van der Waals surface area contributed by atoms with Crippen molar-refractivity contribution in [1.82, 2.24) is 29.7 Å². The number of H-pyrrole nitrogens is 1. The topological polar surface area (TPSA) is 76.2 Å². The van der Waals surface area contributed by atoms with Crippen molar-refractivity contribution in [1.29, 1.82) is 0 Å². The van der Waals surface area contributed by atoms with E-state index in [4.69, 9.17) is 4.98 Å². The number of nitrogens with zero attached hydrogens (tertiary/aromatic N) is 6. The van der Waals surface area contributed by atoms with Gasteiger partial charge in [-0.3, -0.25) is 9.88 Å². The number of benzene rings is 1. The van der Waals surface area contributed by atoms with Crippen LogP contribution in [0.5, 0.6) is 0 Å². The second-order valence-electron chi connectivity index (χ2n) is 10.8. The Morgan fingerprint density at radius 1 is 0.923 bits per heavy atom. The first-order valence-corrected chi connectivity index (χ1v) is 14.9. The van der Waals surface area contributed by atoms with E-state index in [2.05, 4.69) is 101 Å². The van der Waals surface area contributed by atoms with E-state index in [1.807, 2.05) is 12.4 Å². The molecule has 2 saturated heterocycles. The second-order valence-corrected chi connectivity index (χ2v) is 11.6. The Balaban J connectivity index is 1.11. The second kappa shape index (κ2) is 11.6. The average Bonchev–Trinajstić information content (AvgIpc) is 3.41. The molecule has 6 rings (SSSR count). The number of piperazine rings is 1. The quantitative estimate of drug-likeness (QED) is 0.303. The van der Waals surface area contributed by atoms with Gasteiger partial charge in [0.15, 0.2) is 5.65 Å². The first-order chi connectivity index (χ1) is 19.1. The molecule has 0 spiro atoms. The smallest absolute Gasteiger partial charge is 0.159 e. The van der Waals surface area contributed by atoms with Gasteiger partial charge in [0.2, 0.25) is 0 Å². The summed E-state index contributed by atoms with van der Waals surface area (Å²) in [6.45, 7) is 12.7. The molecule has 0 atom stereocenters. The SMILES string of the molecule is CCN1CCC(Nc2c(Br)cnc3[nH]c(-c4ccc(N5CCN(Cc6ccc(C)cn6)CC5)cc4)nc23)CC1. The third-order valence-corrected chi connectivity index (χ3v) is 8.69. The molecular weight excluding hydrogens is 552 g/mol. The highest BCUT2D eigenvalue weighted by Crippen LogP contribution is 2.33. The maximum absolute atomic E-state index is 4.99. The fourth-order valence-electron chi connectivity index (χ4n) is 5.62. The van der Waals surface area contributed by atoms with Crippen LogP contribution in [0.3, 0.4) is 0 Å². The van der Waals surface area contributed by atoms with Crippen LogP contribution in [0.2, 0.25) is 0 Å². The number of aromatic amines is 1. The number of aryl methyl sites for hydroxylation is 1. The van der Waals surface area contributed by atoms with Gasteiger partial charge in [-0.05, 0) is 78.1 Å². The zero-order valence-corrected chi connectivity index (χ0v) is 24.4. The minimum absolute atomic E-state index is 0.447. The first-order valence-electron chi connectivity index (χ1n) is 14.1. The summed E-state index contributed by atoms with van der Waals surface area (Å²) in [5.41, 5.74) is 7.41. The molecule has 0 aliphatic carbocycles. The lowest BCUT2D eigenvalue weighted by Gasteiger charge is -2.36. The average molecular weight is 590 g/mol. The predicted octanol–water partition coefficient (Wildman–Crippen LogP) is 5.31. The first kappa shape index (κ1) is 26.2. The molecule has 204 valence electrons. The van der Waals surface area contributed by atoms with E-state index in [9.17, 15) is 0 Å². The monoisotopic (exact) mass is 588 g/mol. The lowest BCUT2D eigenvalue weighted by atomic mass is 10.0. The Hall–Kier alpha value is -3.01. The molecule has 3 aromatic heterocycles. The summed E-state index contributed by atoms with van der Waals surface area (Å²) in [5.74, 6) is 0.849. The summed E-state index contributed by atoms with van der Waals surface area (Å²) < 4.78 is 0.957. The van der Waals surface area contributed by atoms with Crippen LogP contribution in [0.25, 0.3) is 22.6 Å². The Labute approximate surface area is 239 Å². The van der Waals surface area contributed by atoms with Crippen LogP contribution in [-0.2, 0) is 6.54 Å². The van der Waals surface area contributed by atoms with Crippen LogP contribution in [0, 0.1) is 6.92 Å². The number of pyridine rings is 2. The number of likely N-dealkylation sites (tertiary alicyclic amines) is 1. The lowest BCUT2D eigenvalue weighted by molar-refractivity contribution is 0.229. The molecule has 2 fully saturated rings. The largest absolute Gasteiger partial charge is 0.379 e. The number of aromatic nitrogens is 4. The number of nitrogens with one attached hydrogen (secondary N) is 2. The maximum atomic E-state index is 4.99. The van der Waals surface area contributed by atoms with Crippen LogP contribution < -0.4 is 10.2 Å². The summed E-state index contributed by atoms with van der Waals surface area (Å²) in [7, 11) is 0. The molecule has 2 N–H and O–H groups in total. The number of fused-ring (bicyclic) bond motifs is 1. The highest BCUT2D eigenvalue weighted by molar-refractivity contribution is 9.10. The van der Waals surface area contributed by atoms with Crippen molar-refractivity contribution in [3.8, 4) is 11.4 Å². The van der Waals surface area contributed by atoms with Gasteiger partial charge in [0.05, 0.1) is 15.9 Å². The third-order valence-electron chi connectivity index (χ3n) is 8.09. The van der Waals surface area contributed by atoms with E-state index in [1.165, 1.54) is 11.3 Å². The summed E-state index contributed by atoms with van der Waals surface area (Å²) in [5, 5.41) is 3.76. The number of imidazole rings is 1. The lowest BCUT2D eigenvalue weighted by Crippen LogP contribution is -2.46. The van der Waals surface area contributed by atoms with Gasteiger partial charge < -0.3 is 20.1 Å². The number of piperidine rings is 1. The highest BCUT2D eigenvalue weighted by atomic mass is 79.9. The van der Waals surface area contributed by atoms with Gasteiger partial charge in [-0.15, -0.1) is 0 Å². The van der Waals surface area contributed by atoms with Crippen molar-refractivity contribution in [3.05, 3.63) is 64.5 Å². The van der Waals surface area contributed by atoms with Gasteiger partial charge in [0.1, 0.15) is 11.3 Å². The van der Waals surface area contributed by atoms with Crippen molar-refractivity contribution in [2.45, 2.75) is 39.3 Å². The zero-order valence-electron chi connectivity index (χ0n) is 22.8. The van der Waals surface area contributed by atoms with E-state index in [0.717, 1.165) is 104 Å². The molecule has 5 heterocycles. The molecule has 1 aromatic carbocycles. The standard InChI is InChI=1S/C30H37BrN8/c1-3-37-12-10-23(11-13-37)34-27-26(31)19-33-30-28(27)35-29(36-30)22-5-8-25(9-6-22)39-16-14-38(15-17-39)20-24-7-4-21(2)18-32-24/h4-9,18-19,23H,3,10-17,20H2,1-2H3,(H2,33,34,35,36). The number of hydrogen-bond acceptors (Lipinski definition) is 7.